The molecule has 5 N–H and O–H groups in total. The Morgan fingerprint density at radius 3 is 2.51 bits per heavy atom. The molecule has 11 nitrogen and oxygen atoms in total. The molecule has 1 aliphatic rings. The molecule has 2 aromatic rings. The molecule has 1 saturated heterocycles. The number of aromatic nitrogens is 1. The Bertz CT molecular complexity index is 1040. The van der Waals surface area contributed by atoms with E-state index >= 15 is 0 Å². The molecule has 0 aliphatic carbocycles. The van der Waals surface area contributed by atoms with E-state index < -0.39 is 17.9 Å². The number of amides is 3. The Hall–Kier alpha value is -3.22. The van der Waals surface area contributed by atoms with E-state index in [0.29, 0.717) is 31.0 Å². The molecule has 1 aromatic heterocycles. The second-order valence-electron chi connectivity index (χ2n) is 8.50. The Labute approximate surface area is 208 Å². The third kappa shape index (κ3) is 6.47. The summed E-state index contributed by atoms with van der Waals surface area (Å²) in [4.78, 5) is 42.3. The lowest BCUT2D eigenvalue weighted by Crippen LogP contribution is -2.47. The van der Waals surface area contributed by atoms with Gasteiger partial charge >= 0.3 is 0 Å². The number of carbonyl (C=O) groups excluding carboxylic acids is 3. The first kappa shape index (κ1) is 26.4. The fourth-order valence-corrected chi connectivity index (χ4v) is 4.55. The van der Waals surface area contributed by atoms with Gasteiger partial charge in [-0.05, 0) is 56.2 Å². The number of primary amides is 1. The van der Waals surface area contributed by atoms with E-state index in [1.54, 1.807) is 31.4 Å². The number of hydrogen-bond donors (Lipinski definition) is 3. The molecule has 0 radical (unpaired) electrons. The zero-order valence-electron chi connectivity index (χ0n) is 20.2. The molecule has 12 heteroatoms. The molecule has 3 rings (SSSR count). The Morgan fingerprint density at radius 2 is 1.97 bits per heavy atom. The summed E-state index contributed by atoms with van der Waals surface area (Å²) >= 11 is 0.787. The predicted octanol–water partition coefficient (Wildman–Crippen LogP) is 0.873. The maximum atomic E-state index is 13.7. The van der Waals surface area contributed by atoms with Gasteiger partial charge < -0.3 is 36.1 Å². The van der Waals surface area contributed by atoms with Crippen molar-refractivity contribution in [1.29, 1.82) is 0 Å². The van der Waals surface area contributed by atoms with E-state index in [-0.39, 0.29) is 34.8 Å². The minimum atomic E-state index is -0.965. The van der Waals surface area contributed by atoms with Gasteiger partial charge in [0.05, 0.1) is 18.9 Å². The summed E-state index contributed by atoms with van der Waals surface area (Å²) in [5.41, 5.74) is 11.7. The van der Waals surface area contributed by atoms with Crippen LogP contribution in [0.5, 0.6) is 5.75 Å². The molecule has 2 heterocycles. The number of carbonyl (C=O) groups is 3. The summed E-state index contributed by atoms with van der Waals surface area (Å²) in [5, 5.41) is 2.94. The van der Waals surface area contributed by atoms with Crippen molar-refractivity contribution in [2.75, 3.05) is 53.2 Å². The first-order chi connectivity index (χ1) is 16.7. The SMILES string of the molecule is COc1ccc([C@H](C(=O)NC[C@@H]2CCCO2)N(CCN(C)C)C(=O)c2snc(C(N)=O)c2N)cc1. The van der Waals surface area contributed by atoms with Crippen LogP contribution in [0.1, 0.15) is 44.6 Å². The average Bonchev–Trinajstić information content (AvgIpc) is 3.49. The highest BCUT2D eigenvalue weighted by Crippen LogP contribution is 2.29. The molecule has 3 amide bonds. The van der Waals surface area contributed by atoms with Crippen LogP contribution in [0.25, 0.3) is 0 Å². The molecule has 0 unspecified atom stereocenters. The molecule has 1 aliphatic heterocycles. The smallest absolute Gasteiger partial charge is 0.270 e. The summed E-state index contributed by atoms with van der Waals surface area (Å²) in [6.45, 7) is 1.72. The van der Waals surface area contributed by atoms with Crippen molar-refractivity contribution in [2.24, 2.45) is 5.73 Å². The summed E-state index contributed by atoms with van der Waals surface area (Å²) in [7, 11) is 5.29. The number of likely N-dealkylation sites (N-methyl/N-ethyl adjacent to an activating group) is 1. The van der Waals surface area contributed by atoms with Crippen molar-refractivity contribution in [3.63, 3.8) is 0 Å². The van der Waals surface area contributed by atoms with Crippen LogP contribution < -0.4 is 21.5 Å². The summed E-state index contributed by atoms with van der Waals surface area (Å²) < 4.78 is 14.8. The van der Waals surface area contributed by atoms with Crippen LogP contribution in [0.15, 0.2) is 24.3 Å². The first-order valence-electron chi connectivity index (χ1n) is 11.3. The fourth-order valence-electron chi connectivity index (χ4n) is 3.79. The monoisotopic (exact) mass is 504 g/mol. The van der Waals surface area contributed by atoms with E-state index in [4.69, 9.17) is 20.9 Å². The van der Waals surface area contributed by atoms with Crippen LogP contribution in [-0.4, -0.2) is 85.4 Å². The average molecular weight is 505 g/mol. The maximum absolute atomic E-state index is 13.7. The van der Waals surface area contributed by atoms with Crippen molar-refractivity contribution in [3.05, 3.63) is 40.4 Å². The van der Waals surface area contributed by atoms with Gasteiger partial charge in [-0.25, -0.2) is 0 Å². The first-order valence-corrected chi connectivity index (χ1v) is 12.0. The van der Waals surface area contributed by atoms with Crippen LogP contribution in [-0.2, 0) is 9.53 Å². The topological polar surface area (TPSA) is 153 Å². The third-order valence-electron chi connectivity index (χ3n) is 5.72. The van der Waals surface area contributed by atoms with Crippen molar-refractivity contribution in [2.45, 2.75) is 25.0 Å². The van der Waals surface area contributed by atoms with Gasteiger partial charge in [0, 0.05) is 26.2 Å². The zero-order valence-corrected chi connectivity index (χ0v) is 21.0. The highest BCUT2D eigenvalue weighted by molar-refractivity contribution is 7.09. The lowest BCUT2D eigenvalue weighted by atomic mass is 10.0. The number of nitrogens with one attached hydrogen (secondary N) is 1. The quantitative estimate of drug-likeness (QED) is 0.407. The van der Waals surface area contributed by atoms with Crippen LogP contribution in [0.3, 0.4) is 0 Å². The highest BCUT2D eigenvalue weighted by atomic mass is 32.1. The lowest BCUT2D eigenvalue weighted by Gasteiger charge is -2.32. The van der Waals surface area contributed by atoms with E-state index in [1.165, 1.54) is 4.90 Å². The van der Waals surface area contributed by atoms with Gasteiger partial charge in [0.1, 0.15) is 16.7 Å². The van der Waals surface area contributed by atoms with E-state index in [0.717, 1.165) is 24.4 Å². The van der Waals surface area contributed by atoms with Crippen LogP contribution in [0.2, 0.25) is 0 Å². The van der Waals surface area contributed by atoms with Crippen molar-refractivity contribution in [3.8, 4) is 5.75 Å². The molecule has 1 fully saturated rings. The molecule has 2 atom stereocenters. The number of nitrogens with two attached hydrogens (primary N) is 2. The van der Waals surface area contributed by atoms with Gasteiger partial charge in [-0.15, -0.1) is 0 Å². The lowest BCUT2D eigenvalue weighted by molar-refractivity contribution is -0.126. The maximum Gasteiger partial charge on any atom is 0.270 e. The molecule has 0 bridgehead atoms. The van der Waals surface area contributed by atoms with Crippen molar-refractivity contribution in [1.82, 2.24) is 19.5 Å². The number of nitrogen functional groups attached to an aromatic ring is 1. The van der Waals surface area contributed by atoms with Gasteiger partial charge in [0.25, 0.3) is 11.8 Å². The Morgan fingerprint density at radius 1 is 1.26 bits per heavy atom. The molecule has 0 spiro atoms. The minimum absolute atomic E-state index is 0.0583. The Kier molecular flexibility index (Phi) is 9.01. The number of ether oxygens (including phenoxy) is 2. The van der Waals surface area contributed by atoms with Crippen LogP contribution in [0, 0.1) is 0 Å². The van der Waals surface area contributed by atoms with Gasteiger partial charge in [0.2, 0.25) is 5.91 Å². The number of rotatable bonds is 11. The standard InChI is InChI=1S/C23H32N6O5S/c1-28(2)10-11-29(23(32)20-17(24)18(21(25)30)27-35-20)19(14-6-8-15(33-3)9-7-14)22(31)26-13-16-5-4-12-34-16/h6-9,16,19H,4-5,10-13,24H2,1-3H3,(H2,25,30)(H,26,31)/t16-,19+/m0/s1. The van der Waals surface area contributed by atoms with Gasteiger partial charge in [-0.2, -0.15) is 4.37 Å². The third-order valence-corrected chi connectivity index (χ3v) is 6.58. The number of nitrogens with zero attached hydrogens (tertiary/aromatic N) is 3. The van der Waals surface area contributed by atoms with Gasteiger partial charge in [0.15, 0.2) is 5.69 Å². The van der Waals surface area contributed by atoms with Crippen LogP contribution in [0.4, 0.5) is 5.69 Å². The number of benzene rings is 1. The van der Waals surface area contributed by atoms with Crippen molar-refractivity contribution < 1.29 is 23.9 Å². The Balaban J connectivity index is 1.99. The zero-order chi connectivity index (χ0) is 25.5. The van der Waals surface area contributed by atoms with Crippen molar-refractivity contribution >= 4 is 34.9 Å². The number of hydrogen-bond acceptors (Lipinski definition) is 9. The second-order valence-corrected chi connectivity index (χ2v) is 9.27. The van der Waals surface area contributed by atoms with Gasteiger partial charge in [-0.3, -0.25) is 14.4 Å². The molecular weight excluding hydrogens is 472 g/mol. The number of methoxy groups -OCH3 is 1. The molecule has 35 heavy (non-hydrogen) atoms. The summed E-state index contributed by atoms with van der Waals surface area (Å²) in [6, 6.07) is 5.99. The molecule has 0 saturated carbocycles. The van der Waals surface area contributed by atoms with E-state index in [1.807, 2.05) is 19.0 Å². The largest absolute Gasteiger partial charge is 0.497 e. The van der Waals surface area contributed by atoms with E-state index in [9.17, 15) is 14.4 Å². The van der Waals surface area contributed by atoms with Gasteiger partial charge in [-0.1, -0.05) is 12.1 Å². The van der Waals surface area contributed by atoms with E-state index in [2.05, 4.69) is 9.69 Å². The summed E-state index contributed by atoms with van der Waals surface area (Å²) in [6.07, 6.45) is 1.75. The predicted molar refractivity (Wildman–Crippen MR) is 132 cm³/mol. The minimum Gasteiger partial charge on any atom is -0.497 e. The molecule has 190 valence electrons. The highest BCUT2D eigenvalue weighted by Gasteiger charge is 2.35. The van der Waals surface area contributed by atoms with Crippen LogP contribution >= 0.6 is 11.5 Å². The molecular formula is C23H32N6O5S. The fraction of sp³-hybridized carbons (Fsp3) is 0.478. The summed E-state index contributed by atoms with van der Waals surface area (Å²) in [5.74, 6) is -1.06. The number of anilines is 1. The second kappa shape index (κ2) is 12.0. The normalized spacial score (nSPS) is 16.2. The molecule has 1 aromatic carbocycles.